The van der Waals surface area contributed by atoms with Gasteiger partial charge in [-0.1, -0.05) is 28.1 Å². The van der Waals surface area contributed by atoms with Crippen molar-refractivity contribution < 1.29 is 9.53 Å². The maximum absolute atomic E-state index is 11.6. The molecule has 0 fully saturated rings. The van der Waals surface area contributed by atoms with Crippen LogP contribution < -0.4 is 4.74 Å². The molecular formula is C16H15BrO2. The first-order valence-electron chi connectivity index (χ1n) is 6.03. The van der Waals surface area contributed by atoms with Gasteiger partial charge in [-0.2, -0.15) is 0 Å². The molecule has 0 unspecified atom stereocenters. The zero-order valence-corrected chi connectivity index (χ0v) is 12.7. The number of hydrogen-bond acceptors (Lipinski definition) is 2. The second-order valence-corrected chi connectivity index (χ2v) is 5.48. The highest BCUT2D eigenvalue weighted by Gasteiger charge is 2.11. The summed E-state index contributed by atoms with van der Waals surface area (Å²) in [4.78, 5) is 11.6. The molecule has 3 heteroatoms. The first-order chi connectivity index (χ1) is 8.97. The van der Waals surface area contributed by atoms with Crippen LogP contribution in [0.5, 0.6) is 11.5 Å². The Morgan fingerprint density at radius 3 is 2.47 bits per heavy atom. The smallest absolute Gasteiger partial charge is 0.163 e. The molecule has 0 radical (unpaired) electrons. The molecular weight excluding hydrogens is 304 g/mol. The third-order valence-electron chi connectivity index (χ3n) is 2.89. The number of carbonyl (C=O) groups is 1. The highest BCUT2D eigenvalue weighted by atomic mass is 79.9. The minimum absolute atomic E-state index is 0.00666. The van der Waals surface area contributed by atoms with Crippen molar-refractivity contribution in [2.24, 2.45) is 0 Å². The number of ether oxygens (including phenoxy) is 1. The van der Waals surface area contributed by atoms with Crippen LogP contribution in [0.1, 0.15) is 28.4 Å². The summed E-state index contributed by atoms with van der Waals surface area (Å²) >= 11 is 3.40. The van der Waals surface area contributed by atoms with Gasteiger partial charge in [0.1, 0.15) is 11.5 Å². The third-order valence-corrected chi connectivity index (χ3v) is 3.38. The summed E-state index contributed by atoms with van der Waals surface area (Å²) in [7, 11) is 0. The fourth-order valence-corrected chi connectivity index (χ4v) is 2.15. The zero-order chi connectivity index (χ0) is 14.0. The van der Waals surface area contributed by atoms with Gasteiger partial charge in [0.15, 0.2) is 5.78 Å². The number of rotatable bonds is 3. The van der Waals surface area contributed by atoms with Gasteiger partial charge in [0, 0.05) is 4.47 Å². The Morgan fingerprint density at radius 2 is 1.79 bits per heavy atom. The van der Waals surface area contributed by atoms with E-state index in [1.54, 1.807) is 13.0 Å². The molecule has 0 heterocycles. The maximum atomic E-state index is 11.6. The van der Waals surface area contributed by atoms with Gasteiger partial charge in [-0.15, -0.1) is 0 Å². The molecule has 19 heavy (non-hydrogen) atoms. The van der Waals surface area contributed by atoms with Crippen LogP contribution >= 0.6 is 15.9 Å². The molecule has 0 saturated carbocycles. The molecule has 2 rings (SSSR count). The van der Waals surface area contributed by atoms with E-state index >= 15 is 0 Å². The van der Waals surface area contributed by atoms with E-state index in [1.165, 1.54) is 0 Å². The summed E-state index contributed by atoms with van der Waals surface area (Å²) in [5.74, 6) is 1.35. The Bertz CT molecular complexity index is 633. The summed E-state index contributed by atoms with van der Waals surface area (Å²) in [6, 6.07) is 11.4. The monoisotopic (exact) mass is 318 g/mol. The lowest BCUT2D eigenvalue weighted by molar-refractivity contribution is 0.101. The molecule has 0 aliphatic heterocycles. The lowest BCUT2D eigenvalue weighted by Gasteiger charge is -2.12. The summed E-state index contributed by atoms with van der Waals surface area (Å²) in [6.45, 7) is 5.54. The molecule has 0 spiro atoms. The van der Waals surface area contributed by atoms with Crippen molar-refractivity contribution in [1.82, 2.24) is 0 Å². The van der Waals surface area contributed by atoms with E-state index in [0.29, 0.717) is 11.3 Å². The van der Waals surface area contributed by atoms with Gasteiger partial charge in [-0.05, 0) is 56.2 Å². The molecule has 98 valence electrons. The van der Waals surface area contributed by atoms with Gasteiger partial charge in [0.05, 0.1) is 5.56 Å². The van der Waals surface area contributed by atoms with Crippen molar-refractivity contribution in [1.29, 1.82) is 0 Å². The van der Waals surface area contributed by atoms with E-state index in [1.807, 2.05) is 44.2 Å². The SMILES string of the molecule is CC(=O)c1ccc(Br)cc1Oc1cc(C)ccc1C. The molecule has 0 amide bonds. The van der Waals surface area contributed by atoms with E-state index < -0.39 is 0 Å². The Hall–Kier alpha value is -1.61. The van der Waals surface area contributed by atoms with Crippen LogP contribution in [0.25, 0.3) is 0 Å². The van der Waals surface area contributed by atoms with Crippen LogP contribution in [-0.2, 0) is 0 Å². The van der Waals surface area contributed by atoms with Crippen LogP contribution in [0.3, 0.4) is 0 Å². The number of benzene rings is 2. The van der Waals surface area contributed by atoms with E-state index in [0.717, 1.165) is 21.3 Å². The van der Waals surface area contributed by atoms with Gasteiger partial charge in [0.2, 0.25) is 0 Å². The first-order valence-corrected chi connectivity index (χ1v) is 6.82. The van der Waals surface area contributed by atoms with E-state index in [-0.39, 0.29) is 5.78 Å². The normalized spacial score (nSPS) is 10.3. The van der Waals surface area contributed by atoms with E-state index in [4.69, 9.17) is 4.74 Å². The molecule has 2 nitrogen and oxygen atoms in total. The fraction of sp³-hybridized carbons (Fsp3) is 0.188. The summed E-state index contributed by atoms with van der Waals surface area (Å²) in [5, 5.41) is 0. The van der Waals surface area contributed by atoms with Crippen LogP contribution in [0.4, 0.5) is 0 Å². The molecule has 0 N–H and O–H groups in total. The Balaban J connectivity index is 2.45. The molecule has 0 aliphatic rings. The second kappa shape index (κ2) is 5.57. The molecule has 0 saturated heterocycles. The fourth-order valence-electron chi connectivity index (χ4n) is 1.81. The van der Waals surface area contributed by atoms with Crippen LogP contribution in [0, 0.1) is 13.8 Å². The van der Waals surface area contributed by atoms with Gasteiger partial charge in [-0.25, -0.2) is 0 Å². The summed E-state index contributed by atoms with van der Waals surface area (Å²) in [6.07, 6.45) is 0. The van der Waals surface area contributed by atoms with Gasteiger partial charge < -0.3 is 4.74 Å². The Labute approximate surface area is 121 Å². The summed E-state index contributed by atoms with van der Waals surface area (Å²) < 4.78 is 6.80. The lowest BCUT2D eigenvalue weighted by atomic mass is 10.1. The molecule has 0 aliphatic carbocycles. The molecule has 2 aromatic carbocycles. The predicted octanol–water partition coefficient (Wildman–Crippen LogP) is 5.06. The van der Waals surface area contributed by atoms with Crippen molar-refractivity contribution in [3.8, 4) is 11.5 Å². The quantitative estimate of drug-likeness (QED) is 0.739. The molecule has 0 bridgehead atoms. The van der Waals surface area contributed by atoms with Crippen LogP contribution in [-0.4, -0.2) is 5.78 Å². The van der Waals surface area contributed by atoms with Crippen molar-refractivity contribution in [2.45, 2.75) is 20.8 Å². The first kappa shape index (κ1) is 13.8. The Morgan fingerprint density at radius 1 is 1.05 bits per heavy atom. The minimum atomic E-state index is -0.00666. The number of carbonyl (C=O) groups excluding carboxylic acids is 1. The highest BCUT2D eigenvalue weighted by molar-refractivity contribution is 9.10. The van der Waals surface area contributed by atoms with E-state index in [9.17, 15) is 4.79 Å². The van der Waals surface area contributed by atoms with Crippen molar-refractivity contribution >= 4 is 21.7 Å². The lowest BCUT2D eigenvalue weighted by Crippen LogP contribution is -1.98. The number of Topliss-reactive ketones (excluding diaryl/α,β-unsaturated/α-hetero) is 1. The molecule has 0 aromatic heterocycles. The van der Waals surface area contributed by atoms with Gasteiger partial charge >= 0.3 is 0 Å². The maximum Gasteiger partial charge on any atom is 0.163 e. The molecule has 2 aromatic rings. The van der Waals surface area contributed by atoms with Crippen LogP contribution in [0.2, 0.25) is 0 Å². The Kier molecular flexibility index (Phi) is 4.05. The zero-order valence-electron chi connectivity index (χ0n) is 11.2. The average molecular weight is 319 g/mol. The number of aryl methyl sites for hydroxylation is 2. The van der Waals surface area contributed by atoms with Gasteiger partial charge in [0.25, 0.3) is 0 Å². The average Bonchev–Trinajstić information content (AvgIpc) is 2.33. The van der Waals surface area contributed by atoms with Gasteiger partial charge in [-0.3, -0.25) is 4.79 Å². The predicted molar refractivity (Wildman–Crippen MR) is 80.1 cm³/mol. The minimum Gasteiger partial charge on any atom is -0.456 e. The summed E-state index contributed by atoms with van der Waals surface area (Å²) in [5.41, 5.74) is 2.75. The largest absolute Gasteiger partial charge is 0.456 e. The highest BCUT2D eigenvalue weighted by Crippen LogP contribution is 2.31. The van der Waals surface area contributed by atoms with Crippen LogP contribution in [0.15, 0.2) is 40.9 Å². The molecule has 0 atom stereocenters. The second-order valence-electron chi connectivity index (χ2n) is 4.57. The number of halogens is 1. The van der Waals surface area contributed by atoms with E-state index in [2.05, 4.69) is 15.9 Å². The van der Waals surface area contributed by atoms with Crippen molar-refractivity contribution in [2.75, 3.05) is 0 Å². The number of hydrogen-bond donors (Lipinski definition) is 0. The topological polar surface area (TPSA) is 26.3 Å². The third kappa shape index (κ3) is 3.24. The van der Waals surface area contributed by atoms with Crippen molar-refractivity contribution in [3.63, 3.8) is 0 Å². The standard InChI is InChI=1S/C16H15BrO2/c1-10-4-5-11(2)15(8-10)19-16-9-13(17)6-7-14(16)12(3)18/h4-9H,1-3H3. The van der Waals surface area contributed by atoms with Crippen molar-refractivity contribution in [3.05, 3.63) is 57.6 Å². The number of ketones is 1.